The minimum Gasteiger partial charge on any atom is -0.508 e. The zero-order valence-corrected chi connectivity index (χ0v) is 24.4. The monoisotopic (exact) mass is 588 g/mol. The normalized spacial score (nSPS) is 30.7. The number of hydrogen-bond acceptors (Lipinski definition) is 8. The molecule has 3 aromatic rings. The molecule has 2 N–H and O–H groups in total. The fraction of sp³-hybridized carbons (Fsp3) is 0.606. The van der Waals surface area contributed by atoms with Gasteiger partial charge in [-0.1, -0.05) is 0 Å². The van der Waals surface area contributed by atoms with Crippen LogP contribution in [0.25, 0.3) is 22.2 Å². The zero-order chi connectivity index (χ0) is 28.9. The first-order valence-corrected chi connectivity index (χ1v) is 16.2. The van der Waals surface area contributed by atoms with Crippen molar-refractivity contribution in [3.05, 3.63) is 35.3 Å². The van der Waals surface area contributed by atoms with Gasteiger partial charge in [-0.2, -0.15) is 9.97 Å². The third-order valence-corrected chi connectivity index (χ3v) is 11.3. The summed E-state index contributed by atoms with van der Waals surface area (Å²) in [5.74, 6) is 0.270. The second-order valence-corrected chi connectivity index (χ2v) is 14.1. The van der Waals surface area contributed by atoms with Gasteiger partial charge in [0.15, 0.2) is 5.82 Å². The number of phenolic OH excluding ortho intramolecular Hbond substituents is 1. The number of anilines is 1. The second-order valence-electron chi connectivity index (χ2n) is 14.1. The van der Waals surface area contributed by atoms with Crippen molar-refractivity contribution < 1.29 is 18.6 Å². The smallest absolute Gasteiger partial charge is 0.319 e. The van der Waals surface area contributed by atoms with Gasteiger partial charge in [-0.25, -0.2) is 8.78 Å². The van der Waals surface area contributed by atoms with Gasteiger partial charge in [-0.05, 0) is 93.0 Å². The van der Waals surface area contributed by atoms with E-state index in [4.69, 9.17) is 14.7 Å². The van der Waals surface area contributed by atoms with E-state index in [9.17, 15) is 9.50 Å². The third kappa shape index (κ3) is 4.15. The number of aryl methyl sites for hydroxylation is 1. The standard InChI is InChI=1S/C33H38F2N6O2/c34-20-13-33(7-2-10-41(33)15-20)18-43-31-38-29-25(30(39-31)40-16-21-4-5-22(17-40)37-21)14-36-28(27(29)35)24-12-23(42)11-19-3-1-6-32(8-9-32)26(19)24/h11-12,14,20-22,37,42H,1-10,13,15-18H2/t20-,21-,22+,33+/m1/s1. The average molecular weight is 589 g/mol. The molecule has 1 spiro atoms. The topological polar surface area (TPSA) is 86.6 Å². The van der Waals surface area contributed by atoms with E-state index in [1.807, 2.05) is 6.07 Å². The maximum absolute atomic E-state index is 16.8. The van der Waals surface area contributed by atoms with Gasteiger partial charge < -0.3 is 20.1 Å². The molecule has 10 heteroatoms. The Labute approximate surface area is 249 Å². The maximum atomic E-state index is 16.8. The van der Waals surface area contributed by atoms with E-state index in [-0.39, 0.29) is 40.5 Å². The number of nitrogens with zero attached hydrogens (tertiary/aromatic N) is 5. The van der Waals surface area contributed by atoms with Crippen LogP contribution in [0.1, 0.15) is 68.9 Å². The first-order valence-electron chi connectivity index (χ1n) is 16.2. The summed E-state index contributed by atoms with van der Waals surface area (Å²) >= 11 is 0. The van der Waals surface area contributed by atoms with Crippen LogP contribution in [0.4, 0.5) is 14.6 Å². The number of benzene rings is 1. The largest absolute Gasteiger partial charge is 0.508 e. The number of pyridine rings is 1. The summed E-state index contributed by atoms with van der Waals surface area (Å²) in [6, 6.07) is 4.38. The van der Waals surface area contributed by atoms with Crippen molar-refractivity contribution in [2.24, 2.45) is 0 Å². The molecule has 226 valence electrons. The van der Waals surface area contributed by atoms with E-state index >= 15 is 4.39 Å². The fourth-order valence-electron chi connectivity index (χ4n) is 9.22. The van der Waals surface area contributed by atoms with E-state index in [0.29, 0.717) is 41.8 Å². The number of nitrogens with one attached hydrogen (secondary N) is 1. The molecule has 6 heterocycles. The molecular formula is C33H38F2N6O2. The molecule has 0 amide bonds. The molecule has 4 saturated heterocycles. The Hall–Kier alpha value is -3.11. The van der Waals surface area contributed by atoms with Gasteiger partial charge in [0.2, 0.25) is 0 Å². The summed E-state index contributed by atoms with van der Waals surface area (Å²) in [6.07, 6.45) is 10.6. The van der Waals surface area contributed by atoms with Gasteiger partial charge in [0.25, 0.3) is 0 Å². The number of phenols is 1. The van der Waals surface area contributed by atoms with Crippen LogP contribution in [0, 0.1) is 5.82 Å². The number of ether oxygens (including phenoxy) is 1. The molecular weight excluding hydrogens is 550 g/mol. The van der Waals surface area contributed by atoms with E-state index < -0.39 is 12.0 Å². The molecule has 4 atom stereocenters. The van der Waals surface area contributed by atoms with Gasteiger partial charge in [-0.3, -0.25) is 9.88 Å². The molecule has 43 heavy (non-hydrogen) atoms. The molecule has 9 rings (SSSR count). The van der Waals surface area contributed by atoms with E-state index in [0.717, 1.165) is 88.5 Å². The van der Waals surface area contributed by atoms with Gasteiger partial charge in [-0.15, -0.1) is 0 Å². The fourth-order valence-corrected chi connectivity index (χ4v) is 9.22. The molecule has 8 nitrogen and oxygen atoms in total. The second kappa shape index (κ2) is 9.44. The zero-order valence-electron chi connectivity index (χ0n) is 24.4. The summed E-state index contributed by atoms with van der Waals surface area (Å²) in [5, 5.41) is 14.9. The van der Waals surface area contributed by atoms with Crippen LogP contribution in [-0.4, -0.2) is 81.5 Å². The number of piperazine rings is 1. The first-order chi connectivity index (χ1) is 20.9. The predicted octanol–water partition coefficient (Wildman–Crippen LogP) is 4.80. The van der Waals surface area contributed by atoms with E-state index in [1.54, 1.807) is 12.3 Å². The van der Waals surface area contributed by atoms with Gasteiger partial charge in [0.05, 0.1) is 10.9 Å². The molecule has 4 aliphatic heterocycles. The quantitative estimate of drug-likeness (QED) is 0.440. The molecule has 0 radical (unpaired) electrons. The highest BCUT2D eigenvalue weighted by Gasteiger charge is 2.50. The lowest BCUT2D eigenvalue weighted by atomic mass is 9.76. The number of fused-ring (bicyclic) bond motifs is 6. The SMILES string of the molecule is Oc1cc2c(c(-c3ncc4c(N5C[C@H]6CC[C@@H](C5)N6)nc(OC[C@@]56CCCN5C[C@H](F)C6)nc4c3F)c1)C1(CCC2)CC1. The summed E-state index contributed by atoms with van der Waals surface area (Å²) in [4.78, 5) is 18.7. The number of alkyl halides is 1. The number of hydrogen-bond donors (Lipinski definition) is 2. The van der Waals surface area contributed by atoms with Crippen molar-refractivity contribution in [1.82, 2.24) is 25.2 Å². The van der Waals surface area contributed by atoms with Crippen LogP contribution in [0.5, 0.6) is 11.8 Å². The van der Waals surface area contributed by atoms with Crippen LogP contribution in [0.3, 0.4) is 0 Å². The number of aromatic hydroxyl groups is 1. The molecule has 6 aliphatic rings. The number of rotatable bonds is 5. The van der Waals surface area contributed by atoms with Crippen molar-refractivity contribution >= 4 is 16.7 Å². The average Bonchev–Trinajstić information content (AvgIpc) is 3.35. The Bertz CT molecular complexity index is 1620. The number of aromatic nitrogens is 3. The van der Waals surface area contributed by atoms with Crippen molar-refractivity contribution in [2.45, 2.75) is 93.4 Å². The molecule has 0 unspecified atom stereocenters. The molecule has 5 fully saturated rings. The van der Waals surface area contributed by atoms with Gasteiger partial charge in [0, 0.05) is 49.9 Å². The highest BCUT2D eigenvalue weighted by molar-refractivity contribution is 5.92. The lowest BCUT2D eigenvalue weighted by Gasteiger charge is -2.34. The van der Waals surface area contributed by atoms with Crippen LogP contribution >= 0.6 is 0 Å². The summed E-state index contributed by atoms with van der Waals surface area (Å²) in [5.41, 5.74) is 3.04. The predicted molar refractivity (Wildman–Crippen MR) is 159 cm³/mol. The first kappa shape index (κ1) is 26.3. The maximum Gasteiger partial charge on any atom is 0.319 e. The van der Waals surface area contributed by atoms with Crippen molar-refractivity contribution in [1.29, 1.82) is 0 Å². The van der Waals surface area contributed by atoms with E-state index in [1.165, 1.54) is 0 Å². The van der Waals surface area contributed by atoms with Crippen LogP contribution < -0.4 is 15.0 Å². The molecule has 2 aromatic heterocycles. The molecule has 2 bridgehead atoms. The van der Waals surface area contributed by atoms with Gasteiger partial charge >= 0.3 is 6.01 Å². The highest BCUT2D eigenvalue weighted by atomic mass is 19.1. The molecule has 2 aliphatic carbocycles. The molecule has 1 aromatic carbocycles. The van der Waals surface area contributed by atoms with Crippen LogP contribution in [0.15, 0.2) is 18.3 Å². The highest BCUT2D eigenvalue weighted by Crippen LogP contribution is 2.58. The Balaban J connectivity index is 1.16. The lowest BCUT2D eigenvalue weighted by Crippen LogP contribution is -2.51. The summed E-state index contributed by atoms with van der Waals surface area (Å²) in [6.45, 7) is 3.14. The minimum absolute atomic E-state index is 0.0624. The Morgan fingerprint density at radius 2 is 1.88 bits per heavy atom. The molecule has 1 saturated carbocycles. The van der Waals surface area contributed by atoms with E-state index in [2.05, 4.69) is 20.1 Å². The van der Waals surface area contributed by atoms with Crippen molar-refractivity contribution in [2.75, 3.05) is 37.7 Å². The van der Waals surface area contributed by atoms with Crippen LogP contribution in [-0.2, 0) is 11.8 Å². The van der Waals surface area contributed by atoms with Crippen molar-refractivity contribution in [3.8, 4) is 23.0 Å². The van der Waals surface area contributed by atoms with Gasteiger partial charge in [0.1, 0.15) is 35.6 Å². The summed E-state index contributed by atoms with van der Waals surface area (Å²) < 4.78 is 37.6. The third-order valence-electron chi connectivity index (χ3n) is 11.3. The van der Waals surface area contributed by atoms with Crippen molar-refractivity contribution in [3.63, 3.8) is 0 Å². The van der Waals surface area contributed by atoms with Crippen LogP contribution in [0.2, 0.25) is 0 Å². The lowest BCUT2D eigenvalue weighted by molar-refractivity contribution is 0.107. The Morgan fingerprint density at radius 1 is 1.05 bits per heavy atom. The summed E-state index contributed by atoms with van der Waals surface area (Å²) in [7, 11) is 0. The Kier molecular flexibility index (Phi) is 5.78. The number of halogens is 2. The minimum atomic E-state index is -0.859. The Morgan fingerprint density at radius 3 is 2.70 bits per heavy atom.